The van der Waals surface area contributed by atoms with Crippen LogP contribution < -0.4 is 20.1 Å². The van der Waals surface area contributed by atoms with Crippen molar-refractivity contribution in [2.45, 2.75) is 6.42 Å². The van der Waals surface area contributed by atoms with E-state index in [-0.39, 0.29) is 11.8 Å². The number of benzene rings is 3. The summed E-state index contributed by atoms with van der Waals surface area (Å²) in [7, 11) is 2.06. The molecule has 0 aromatic heterocycles. The number of fused-ring (bicyclic) bond motifs is 2. The lowest BCUT2D eigenvalue weighted by Crippen LogP contribution is -2.47. The lowest BCUT2D eigenvalue weighted by molar-refractivity contribution is -0.132. The van der Waals surface area contributed by atoms with E-state index in [0.29, 0.717) is 46.0 Å². The van der Waals surface area contributed by atoms with Gasteiger partial charge in [-0.1, -0.05) is 12.1 Å². The summed E-state index contributed by atoms with van der Waals surface area (Å²) in [6, 6.07) is 17.2. The third kappa shape index (κ3) is 5.08. The molecule has 0 atom stereocenters. The quantitative estimate of drug-likeness (QED) is 0.482. The average Bonchev–Trinajstić information content (AvgIpc) is 3.27. The number of likely N-dealkylation sites (N-methyl/N-ethyl adjacent to an activating group) is 1. The van der Waals surface area contributed by atoms with Crippen molar-refractivity contribution in [1.29, 1.82) is 0 Å². The zero-order valence-electron chi connectivity index (χ0n) is 21.4. The van der Waals surface area contributed by atoms with Gasteiger partial charge in [0, 0.05) is 43.0 Å². The van der Waals surface area contributed by atoms with Gasteiger partial charge >= 0.3 is 0 Å². The molecular formula is C30H27FN4O4. The van der Waals surface area contributed by atoms with Gasteiger partial charge in [-0.2, -0.15) is 0 Å². The number of carbonyl (C=O) groups is 2. The molecule has 0 aliphatic carbocycles. The minimum absolute atomic E-state index is 0.114. The summed E-state index contributed by atoms with van der Waals surface area (Å²) in [6.07, 6.45) is 3.22. The second-order valence-electron chi connectivity index (χ2n) is 9.75. The fourth-order valence-electron chi connectivity index (χ4n) is 4.92. The van der Waals surface area contributed by atoms with Gasteiger partial charge in [-0.05, 0) is 61.1 Å². The van der Waals surface area contributed by atoms with Gasteiger partial charge in [-0.15, -0.1) is 0 Å². The predicted molar refractivity (Wildman–Crippen MR) is 147 cm³/mol. The standard InChI is InChI=1S/C30H27FN4O4/c1-34-10-12-35(13-11-34)27(36)16-19-2-6-22(7-3-19)32-29(20-4-9-25-26(17-20)39-15-14-38-25)28-23-8-5-21(31)18-24(23)33-30(28)37/h2-9,14-15,17-18,32H,10-13,16H2,1H3,(H,33,37)/b29-28-. The van der Waals surface area contributed by atoms with E-state index >= 15 is 0 Å². The van der Waals surface area contributed by atoms with Crippen LogP contribution in [-0.2, 0) is 16.0 Å². The molecule has 39 heavy (non-hydrogen) atoms. The third-order valence-electron chi connectivity index (χ3n) is 7.09. The molecule has 3 heterocycles. The third-order valence-corrected chi connectivity index (χ3v) is 7.09. The van der Waals surface area contributed by atoms with E-state index in [1.54, 1.807) is 18.2 Å². The summed E-state index contributed by atoms with van der Waals surface area (Å²) in [5.74, 6) is 0.395. The van der Waals surface area contributed by atoms with Crippen LogP contribution in [0.4, 0.5) is 15.8 Å². The van der Waals surface area contributed by atoms with Gasteiger partial charge in [0.05, 0.1) is 23.4 Å². The summed E-state index contributed by atoms with van der Waals surface area (Å²) >= 11 is 0. The van der Waals surface area contributed by atoms with Gasteiger partial charge in [0.2, 0.25) is 5.91 Å². The van der Waals surface area contributed by atoms with Crippen LogP contribution in [0.1, 0.15) is 16.7 Å². The molecule has 0 unspecified atom stereocenters. The van der Waals surface area contributed by atoms with Crippen molar-refractivity contribution in [2.24, 2.45) is 0 Å². The van der Waals surface area contributed by atoms with Crippen molar-refractivity contribution in [1.82, 2.24) is 9.80 Å². The number of ether oxygens (including phenoxy) is 2. The summed E-state index contributed by atoms with van der Waals surface area (Å²) in [6.45, 7) is 3.24. The van der Waals surface area contributed by atoms with E-state index in [1.165, 1.54) is 24.7 Å². The number of nitrogens with zero attached hydrogens (tertiary/aromatic N) is 2. The first kappa shape index (κ1) is 24.7. The van der Waals surface area contributed by atoms with Crippen molar-refractivity contribution in [3.8, 4) is 11.5 Å². The lowest BCUT2D eigenvalue weighted by Gasteiger charge is -2.32. The minimum atomic E-state index is -0.433. The van der Waals surface area contributed by atoms with Gasteiger partial charge in [0.15, 0.2) is 11.5 Å². The largest absolute Gasteiger partial charge is 0.458 e. The zero-order chi connectivity index (χ0) is 26.9. The van der Waals surface area contributed by atoms with Crippen LogP contribution in [0.2, 0.25) is 0 Å². The molecule has 3 aromatic carbocycles. The molecule has 0 spiro atoms. The maximum atomic E-state index is 13.9. The van der Waals surface area contributed by atoms with Crippen molar-refractivity contribution in [3.05, 3.63) is 95.7 Å². The molecule has 9 heteroatoms. The summed E-state index contributed by atoms with van der Waals surface area (Å²) in [5.41, 5.74) is 4.23. The molecule has 0 saturated carbocycles. The fourth-order valence-corrected chi connectivity index (χ4v) is 4.92. The van der Waals surface area contributed by atoms with Crippen molar-refractivity contribution >= 4 is 34.5 Å². The zero-order valence-corrected chi connectivity index (χ0v) is 21.4. The van der Waals surface area contributed by atoms with Crippen LogP contribution >= 0.6 is 0 Å². The highest BCUT2D eigenvalue weighted by molar-refractivity contribution is 6.37. The molecule has 198 valence electrons. The minimum Gasteiger partial charge on any atom is -0.458 e. The van der Waals surface area contributed by atoms with E-state index in [4.69, 9.17) is 9.47 Å². The Labute approximate surface area is 225 Å². The Morgan fingerprint density at radius 2 is 1.69 bits per heavy atom. The maximum Gasteiger partial charge on any atom is 0.258 e. The number of amides is 2. The molecule has 6 rings (SSSR count). The number of halogens is 1. The normalized spacial score (nSPS) is 17.5. The molecule has 3 aliphatic rings. The number of anilines is 2. The molecule has 3 aliphatic heterocycles. The molecule has 2 amide bonds. The highest BCUT2D eigenvalue weighted by atomic mass is 19.1. The monoisotopic (exact) mass is 526 g/mol. The molecule has 2 N–H and O–H groups in total. The Balaban J connectivity index is 1.31. The van der Waals surface area contributed by atoms with Crippen molar-refractivity contribution < 1.29 is 23.5 Å². The van der Waals surface area contributed by atoms with E-state index in [1.807, 2.05) is 35.2 Å². The highest BCUT2D eigenvalue weighted by Gasteiger charge is 2.29. The number of nitrogens with one attached hydrogen (secondary N) is 2. The fraction of sp³-hybridized carbons (Fsp3) is 0.200. The molecule has 0 radical (unpaired) electrons. The Morgan fingerprint density at radius 3 is 2.46 bits per heavy atom. The summed E-state index contributed by atoms with van der Waals surface area (Å²) < 4.78 is 25.0. The van der Waals surface area contributed by atoms with Crippen LogP contribution in [0.15, 0.2) is 73.2 Å². The van der Waals surface area contributed by atoms with E-state index in [9.17, 15) is 14.0 Å². The molecule has 8 nitrogen and oxygen atoms in total. The first-order chi connectivity index (χ1) is 18.9. The molecule has 3 aromatic rings. The van der Waals surface area contributed by atoms with E-state index in [0.717, 1.165) is 37.4 Å². The maximum absolute atomic E-state index is 13.9. The number of hydrogen-bond acceptors (Lipinski definition) is 6. The molecule has 1 fully saturated rings. The number of hydrogen-bond donors (Lipinski definition) is 2. The van der Waals surface area contributed by atoms with Crippen molar-refractivity contribution in [2.75, 3.05) is 43.9 Å². The van der Waals surface area contributed by atoms with Gasteiger partial charge in [-0.3, -0.25) is 9.59 Å². The Hall–Kier alpha value is -4.63. The first-order valence-corrected chi connectivity index (χ1v) is 12.8. The topological polar surface area (TPSA) is 83.1 Å². The lowest BCUT2D eigenvalue weighted by atomic mass is 9.99. The molecular weight excluding hydrogens is 499 g/mol. The van der Waals surface area contributed by atoms with Crippen LogP contribution in [-0.4, -0.2) is 54.8 Å². The molecule has 1 saturated heterocycles. The van der Waals surface area contributed by atoms with Crippen LogP contribution in [0.5, 0.6) is 11.5 Å². The van der Waals surface area contributed by atoms with Gasteiger partial charge in [-0.25, -0.2) is 4.39 Å². The van der Waals surface area contributed by atoms with Crippen molar-refractivity contribution in [3.63, 3.8) is 0 Å². The second-order valence-corrected chi connectivity index (χ2v) is 9.75. The van der Waals surface area contributed by atoms with E-state index < -0.39 is 5.82 Å². The smallest absolute Gasteiger partial charge is 0.258 e. The Bertz CT molecular complexity index is 1510. The van der Waals surface area contributed by atoms with Crippen LogP contribution in [0, 0.1) is 5.82 Å². The second kappa shape index (κ2) is 10.3. The SMILES string of the molecule is CN1CCN(C(=O)Cc2ccc(N/C(=C3\C(=O)Nc4cc(F)ccc43)c3ccc4c(c3)OC=CO4)cc2)CC1. The van der Waals surface area contributed by atoms with Gasteiger partial charge in [0.25, 0.3) is 5.91 Å². The van der Waals surface area contributed by atoms with E-state index in [2.05, 4.69) is 22.6 Å². The number of rotatable bonds is 5. The predicted octanol–water partition coefficient (Wildman–Crippen LogP) is 4.32. The molecule has 0 bridgehead atoms. The average molecular weight is 527 g/mol. The first-order valence-electron chi connectivity index (χ1n) is 12.8. The summed E-state index contributed by atoms with van der Waals surface area (Å²) in [4.78, 5) is 30.0. The number of carbonyl (C=O) groups excluding carboxylic acids is 2. The summed E-state index contributed by atoms with van der Waals surface area (Å²) in [5, 5.41) is 6.15. The Kier molecular flexibility index (Phi) is 6.50. The van der Waals surface area contributed by atoms with Gasteiger partial charge < -0.3 is 29.9 Å². The Morgan fingerprint density at radius 1 is 0.949 bits per heavy atom. The van der Waals surface area contributed by atoms with Gasteiger partial charge in [0.1, 0.15) is 18.3 Å². The van der Waals surface area contributed by atoms with Crippen LogP contribution in [0.3, 0.4) is 0 Å². The highest BCUT2D eigenvalue weighted by Crippen LogP contribution is 2.40. The number of piperazine rings is 1. The van der Waals surface area contributed by atoms with Crippen LogP contribution in [0.25, 0.3) is 11.3 Å².